The Bertz CT molecular complexity index is 397. The van der Waals surface area contributed by atoms with Gasteiger partial charge in [-0.25, -0.2) is 0 Å². The van der Waals surface area contributed by atoms with Gasteiger partial charge in [-0.1, -0.05) is 11.3 Å². The van der Waals surface area contributed by atoms with Crippen molar-refractivity contribution in [2.45, 2.75) is 31.7 Å². The minimum atomic E-state index is -0.118. The Labute approximate surface area is 108 Å². The Morgan fingerprint density at radius 1 is 1.53 bits per heavy atom. The fourth-order valence-corrected chi connectivity index (χ4v) is 2.92. The van der Waals surface area contributed by atoms with E-state index in [1.165, 1.54) is 0 Å². The number of hydrogen-bond acceptors (Lipinski definition) is 5. The van der Waals surface area contributed by atoms with Gasteiger partial charge in [-0.3, -0.25) is 4.79 Å². The van der Waals surface area contributed by atoms with Gasteiger partial charge in [0.25, 0.3) is 5.91 Å². The summed E-state index contributed by atoms with van der Waals surface area (Å²) in [7, 11) is 0. The van der Waals surface area contributed by atoms with Crippen molar-refractivity contribution in [2.75, 3.05) is 13.2 Å². The van der Waals surface area contributed by atoms with Crippen LogP contribution in [0.2, 0.25) is 4.47 Å². The molecule has 1 saturated heterocycles. The topological polar surface area (TPSA) is 66.3 Å². The molecule has 0 aromatic carbocycles. The Hall–Kier alpha value is -0.720. The molecule has 0 radical (unpaired) electrons. The third-order valence-corrected chi connectivity index (χ3v) is 3.94. The number of amides is 1. The Morgan fingerprint density at radius 3 is 3.00 bits per heavy atom. The lowest BCUT2D eigenvalue weighted by atomic mass is 9.99. The van der Waals surface area contributed by atoms with Crippen molar-refractivity contribution >= 4 is 28.8 Å². The summed E-state index contributed by atoms with van der Waals surface area (Å²) in [6, 6.07) is 0.115. The van der Waals surface area contributed by atoms with E-state index in [4.69, 9.17) is 16.7 Å². The molecule has 0 aliphatic carbocycles. The molecule has 1 unspecified atom stereocenters. The first-order chi connectivity index (χ1) is 8.22. The minimum absolute atomic E-state index is 0.103. The highest BCUT2D eigenvalue weighted by Crippen LogP contribution is 2.24. The van der Waals surface area contributed by atoms with E-state index < -0.39 is 0 Å². The van der Waals surface area contributed by atoms with Crippen molar-refractivity contribution in [1.29, 1.82) is 0 Å². The molecule has 1 aromatic heterocycles. The molecule has 0 spiro atoms. The normalized spacial score (nSPS) is 20.6. The van der Waals surface area contributed by atoms with Crippen LogP contribution in [0.15, 0.2) is 0 Å². The first-order valence-corrected chi connectivity index (χ1v) is 6.82. The van der Waals surface area contributed by atoms with E-state index in [2.05, 4.69) is 10.2 Å². The molecule has 1 atom stereocenters. The third kappa shape index (κ3) is 2.94. The predicted octanol–water partition coefficient (Wildman–Crippen LogP) is 1.57. The van der Waals surface area contributed by atoms with Crippen LogP contribution in [0.1, 0.15) is 35.5 Å². The monoisotopic (exact) mass is 275 g/mol. The fraction of sp³-hybridized carbons (Fsp3) is 0.700. The van der Waals surface area contributed by atoms with E-state index in [0.29, 0.717) is 11.4 Å². The van der Waals surface area contributed by atoms with E-state index in [1.807, 2.05) is 0 Å². The van der Waals surface area contributed by atoms with Gasteiger partial charge in [0.1, 0.15) is 0 Å². The van der Waals surface area contributed by atoms with Crippen molar-refractivity contribution in [3.05, 3.63) is 9.47 Å². The highest BCUT2D eigenvalue weighted by Gasteiger charge is 2.28. The summed E-state index contributed by atoms with van der Waals surface area (Å²) in [6.45, 7) is 0.825. The highest BCUT2D eigenvalue weighted by atomic mass is 35.5. The molecule has 2 rings (SSSR count). The second kappa shape index (κ2) is 5.75. The van der Waals surface area contributed by atoms with Gasteiger partial charge in [-0.05, 0) is 37.3 Å². The predicted molar refractivity (Wildman–Crippen MR) is 65.3 cm³/mol. The summed E-state index contributed by atoms with van der Waals surface area (Å²) in [5.74, 6) is -0.118. The van der Waals surface area contributed by atoms with Gasteiger partial charge in [-0.15, -0.1) is 10.2 Å². The van der Waals surface area contributed by atoms with Crippen molar-refractivity contribution in [3.8, 4) is 0 Å². The molecule has 1 aliphatic heterocycles. The molecule has 1 amide bonds. The largest absolute Gasteiger partial charge is 0.396 e. The molecule has 17 heavy (non-hydrogen) atoms. The molecular formula is C10H14ClN3O2S. The first-order valence-electron chi connectivity index (χ1n) is 5.63. The average Bonchev–Trinajstić information content (AvgIpc) is 2.76. The number of aromatic nitrogens is 2. The van der Waals surface area contributed by atoms with Gasteiger partial charge in [0.15, 0.2) is 0 Å². The van der Waals surface area contributed by atoms with Gasteiger partial charge in [0.05, 0.1) is 0 Å². The lowest BCUT2D eigenvalue weighted by molar-refractivity contribution is 0.0573. The number of hydrogen-bond donors (Lipinski definition) is 1. The summed E-state index contributed by atoms with van der Waals surface area (Å²) in [5.41, 5.74) is 0. The van der Waals surface area contributed by atoms with Crippen LogP contribution in [0.5, 0.6) is 0 Å². The number of carbonyl (C=O) groups is 1. The van der Waals surface area contributed by atoms with E-state index in [0.717, 1.165) is 37.1 Å². The van der Waals surface area contributed by atoms with E-state index in [-0.39, 0.29) is 23.0 Å². The number of aliphatic hydroxyl groups excluding tert-OH is 1. The molecule has 94 valence electrons. The number of rotatable bonds is 3. The average molecular weight is 276 g/mol. The molecule has 0 bridgehead atoms. The second-order valence-electron chi connectivity index (χ2n) is 4.02. The molecule has 7 heteroatoms. The summed E-state index contributed by atoms with van der Waals surface area (Å²) >= 11 is 6.77. The lowest BCUT2D eigenvalue weighted by Crippen LogP contribution is -2.44. The van der Waals surface area contributed by atoms with E-state index in [1.54, 1.807) is 4.90 Å². The fourth-order valence-electron chi connectivity index (χ4n) is 2.13. The second-order valence-corrected chi connectivity index (χ2v) is 5.58. The van der Waals surface area contributed by atoms with E-state index in [9.17, 15) is 4.79 Å². The number of likely N-dealkylation sites (tertiary alicyclic amines) is 1. The quantitative estimate of drug-likeness (QED) is 0.909. The molecule has 0 saturated carbocycles. The van der Waals surface area contributed by atoms with Gasteiger partial charge < -0.3 is 10.0 Å². The van der Waals surface area contributed by atoms with Gasteiger partial charge in [0, 0.05) is 19.2 Å². The summed E-state index contributed by atoms with van der Waals surface area (Å²) < 4.78 is 0.282. The number of nitrogens with zero attached hydrogens (tertiary/aromatic N) is 3. The zero-order valence-corrected chi connectivity index (χ0v) is 10.9. The molecule has 1 fully saturated rings. The van der Waals surface area contributed by atoms with Crippen LogP contribution >= 0.6 is 22.9 Å². The Balaban J connectivity index is 2.10. The van der Waals surface area contributed by atoms with Gasteiger partial charge >= 0.3 is 0 Å². The highest BCUT2D eigenvalue weighted by molar-refractivity contribution is 7.17. The van der Waals surface area contributed by atoms with Crippen molar-refractivity contribution in [1.82, 2.24) is 15.1 Å². The zero-order chi connectivity index (χ0) is 12.3. The van der Waals surface area contributed by atoms with Crippen LogP contribution in [0, 0.1) is 0 Å². The van der Waals surface area contributed by atoms with Crippen LogP contribution in [0.4, 0.5) is 0 Å². The standard InChI is InChI=1S/C10H14ClN3O2S/c11-10-13-12-8(17-10)9(16)14-5-2-1-3-7(14)4-6-15/h7,15H,1-6H2. The summed E-state index contributed by atoms with van der Waals surface area (Å²) in [5, 5.41) is 16.8. The molecular weight excluding hydrogens is 262 g/mol. The lowest BCUT2D eigenvalue weighted by Gasteiger charge is -2.34. The van der Waals surface area contributed by atoms with Crippen molar-refractivity contribution < 1.29 is 9.90 Å². The maximum absolute atomic E-state index is 12.2. The number of carbonyl (C=O) groups excluding carboxylic acids is 1. The maximum Gasteiger partial charge on any atom is 0.285 e. The van der Waals surface area contributed by atoms with Gasteiger partial charge in [-0.2, -0.15) is 0 Å². The van der Waals surface area contributed by atoms with Crippen molar-refractivity contribution in [2.24, 2.45) is 0 Å². The molecule has 2 heterocycles. The van der Waals surface area contributed by atoms with E-state index >= 15 is 0 Å². The smallest absolute Gasteiger partial charge is 0.285 e. The molecule has 1 aliphatic rings. The third-order valence-electron chi connectivity index (χ3n) is 2.93. The molecule has 1 N–H and O–H groups in total. The molecule has 5 nitrogen and oxygen atoms in total. The maximum atomic E-state index is 12.2. The first kappa shape index (κ1) is 12.7. The van der Waals surface area contributed by atoms with Crippen LogP contribution < -0.4 is 0 Å². The number of aliphatic hydroxyl groups is 1. The minimum Gasteiger partial charge on any atom is -0.396 e. The zero-order valence-electron chi connectivity index (χ0n) is 9.30. The molecule has 1 aromatic rings. The summed E-state index contributed by atoms with van der Waals surface area (Å²) in [4.78, 5) is 14.0. The number of halogens is 1. The van der Waals surface area contributed by atoms with Crippen LogP contribution in [-0.2, 0) is 0 Å². The van der Waals surface area contributed by atoms with Crippen LogP contribution in [0.3, 0.4) is 0 Å². The van der Waals surface area contributed by atoms with Crippen LogP contribution in [0.25, 0.3) is 0 Å². The number of piperidine rings is 1. The Morgan fingerprint density at radius 2 is 2.35 bits per heavy atom. The van der Waals surface area contributed by atoms with Crippen LogP contribution in [-0.4, -0.2) is 45.3 Å². The SMILES string of the molecule is O=C(c1nnc(Cl)s1)N1CCCCC1CCO. The van der Waals surface area contributed by atoms with Gasteiger partial charge in [0.2, 0.25) is 9.47 Å². The summed E-state index contributed by atoms with van der Waals surface area (Å²) in [6.07, 6.45) is 3.67. The Kier molecular flexibility index (Phi) is 4.31. The van der Waals surface area contributed by atoms with Crippen molar-refractivity contribution in [3.63, 3.8) is 0 Å².